The van der Waals surface area contributed by atoms with Crippen LogP contribution in [0.4, 0.5) is 17.6 Å². The maximum Gasteiger partial charge on any atom is 0.383 e. The Bertz CT molecular complexity index is 368. The molecule has 0 heterocycles. The first-order chi connectivity index (χ1) is 9.26. The van der Waals surface area contributed by atoms with Crippen molar-refractivity contribution in [2.45, 2.75) is 56.4 Å². The number of alkyl halides is 5. The number of carbonyl (C=O) groups excluding carboxylic acids is 2. The first-order valence-corrected chi connectivity index (χ1v) is 6.87. The highest BCUT2D eigenvalue weighted by atomic mass is 35.5. The van der Waals surface area contributed by atoms with Crippen molar-refractivity contribution < 1.29 is 27.2 Å². The Hall–Kier alpha value is -0.850. The predicted octanol–water partition coefficient (Wildman–Crippen LogP) is 2.90. The SMILES string of the molecule is O=C(CCl)C1(NC(=O)C(F)(F)C(F)F)CCCCCC1. The number of ketones is 1. The highest BCUT2D eigenvalue weighted by molar-refractivity contribution is 6.29. The summed E-state index contributed by atoms with van der Waals surface area (Å²) in [5, 5.41) is 1.84. The zero-order chi connectivity index (χ0) is 15.4. The Labute approximate surface area is 119 Å². The van der Waals surface area contributed by atoms with Gasteiger partial charge in [0.05, 0.1) is 11.4 Å². The van der Waals surface area contributed by atoms with Crippen molar-refractivity contribution in [1.82, 2.24) is 5.32 Å². The summed E-state index contributed by atoms with van der Waals surface area (Å²) in [6.07, 6.45) is -1.16. The molecular formula is C12H16ClF4NO2. The van der Waals surface area contributed by atoms with E-state index in [1.165, 1.54) is 0 Å². The van der Waals surface area contributed by atoms with Gasteiger partial charge in [-0.1, -0.05) is 25.7 Å². The molecule has 0 unspecified atom stereocenters. The van der Waals surface area contributed by atoms with Gasteiger partial charge in [-0.25, -0.2) is 8.78 Å². The predicted molar refractivity (Wildman–Crippen MR) is 65.3 cm³/mol. The average Bonchev–Trinajstić information content (AvgIpc) is 2.64. The zero-order valence-electron chi connectivity index (χ0n) is 10.7. The number of carbonyl (C=O) groups is 2. The lowest BCUT2D eigenvalue weighted by Gasteiger charge is -2.33. The standard InChI is InChI=1S/C12H16ClF4NO2/c13-7-8(19)11(5-3-1-2-4-6-11)18-10(20)12(16,17)9(14)15/h9H,1-7H2,(H,18,20). The summed E-state index contributed by atoms with van der Waals surface area (Å²) in [6, 6.07) is 0. The molecule has 0 aliphatic heterocycles. The van der Waals surface area contributed by atoms with Gasteiger partial charge in [0.25, 0.3) is 5.91 Å². The molecule has 1 saturated carbocycles. The number of nitrogens with one attached hydrogen (secondary N) is 1. The van der Waals surface area contributed by atoms with Crippen molar-refractivity contribution in [2.75, 3.05) is 5.88 Å². The molecule has 0 aromatic carbocycles. The molecule has 0 atom stereocenters. The molecule has 1 rings (SSSR count). The minimum absolute atomic E-state index is 0.142. The van der Waals surface area contributed by atoms with Crippen LogP contribution < -0.4 is 5.32 Å². The second kappa shape index (κ2) is 6.74. The van der Waals surface area contributed by atoms with Crippen molar-refractivity contribution in [3.8, 4) is 0 Å². The van der Waals surface area contributed by atoms with Gasteiger partial charge in [0.15, 0.2) is 5.78 Å². The minimum atomic E-state index is -4.81. The van der Waals surface area contributed by atoms with E-state index in [-0.39, 0.29) is 12.8 Å². The van der Waals surface area contributed by atoms with E-state index >= 15 is 0 Å². The summed E-state index contributed by atoms with van der Waals surface area (Å²) in [5.41, 5.74) is -1.55. The fraction of sp³-hybridized carbons (Fsp3) is 0.833. The number of rotatable bonds is 5. The Morgan fingerprint density at radius 1 is 1.15 bits per heavy atom. The Balaban J connectivity index is 2.95. The third-order valence-corrected chi connectivity index (χ3v) is 3.78. The topological polar surface area (TPSA) is 46.2 Å². The van der Waals surface area contributed by atoms with Crippen molar-refractivity contribution in [2.24, 2.45) is 0 Å². The Morgan fingerprint density at radius 3 is 2.05 bits per heavy atom. The summed E-state index contributed by atoms with van der Waals surface area (Å²) in [4.78, 5) is 23.3. The van der Waals surface area contributed by atoms with E-state index in [2.05, 4.69) is 0 Å². The largest absolute Gasteiger partial charge is 0.383 e. The van der Waals surface area contributed by atoms with E-state index in [0.29, 0.717) is 12.8 Å². The second-order valence-electron chi connectivity index (χ2n) is 4.93. The molecule has 1 fully saturated rings. The van der Waals surface area contributed by atoms with Crippen LogP contribution in [0.25, 0.3) is 0 Å². The number of hydrogen-bond donors (Lipinski definition) is 1. The van der Waals surface area contributed by atoms with Crippen LogP contribution in [0.2, 0.25) is 0 Å². The maximum atomic E-state index is 13.0. The monoisotopic (exact) mass is 317 g/mol. The quantitative estimate of drug-likeness (QED) is 0.481. The maximum absolute atomic E-state index is 13.0. The van der Waals surface area contributed by atoms with Crippen LogP contribution in [0.15, 0.2) is 0 Å². The van der Waals surface area contributed by atoms with Crippen LogP contribution in [-0.4, -0.2) is 35.5 Å². The summed E-state index contributed by atoms with van der Waals surface area (Å²) < 4.78 is 50.4. The molecule has 1 aliphatic carbocycles. The molecule has 0 radical (unpaired) electrons. The minimum Gasteiger partial charge on any atom is -0.338 e. The molecular weight excluding hydrogens is 302 g/mol. The van der Waals surface area contributed by atoms with Gasteiger partial charge in [0, 0.05) is 0 Å². The van der Waals surface area contributed by atoms with Crippen molar-refractivity contribution in [3.63, 3.8) is 0 Å². The first-order valence-electron chi connectivity index (χ1n) is 6.34. The van der Waals surface area contributed by atoms with Gasteiger partial charge in [-0.3, -0.25) is 9.59 Å². The van der Waals surface area contributed by atoms with Gasteiger partial charge < -0.3 is 5.32 Å². The molecule has 8 heteroatoms. The molecule has 20 heavy (non-hydrogen) atoms. The Kier molecular flexibility index (Phi) is 5.79. The average molecular weight is 318 g/mol. The lowest BCUT2D eigenvalue weighted by atomic mass is 9.86. The van der Waals surface area contributed by atoms with Gasteiger partial charge >= 0.3 is 12.3 Å². The fourth-order valence-corrected chi connectivity index (χ4v) is 2.59. The fourth-order valence-electron chi connectivity index (χ4n) is 2.33. The van der Waals surface area contributed by atoms with Crippen LogP contribution in [-0.2, 0) is 9.59 Å². The van der Waals surface area contributed by atoms with Gasteiger partial charge in [-0.15, -0.1) is 11.6 Å². The van der Waals surface area contributed by atoms with Gasteiger partial charge in [-0.05, 0) is 12.8 Å². The van der Waals surface area contributed by atoms with E-state index in [1.54, 1.807) is 0 Å². The highest BCUT2D eigenvalue weighted by Gasteiger charge is 2.52. The normalized spacial score (nSPS) is 19.5. The molecule has 0 bridgehead atoms. The van der Waals surface area contributed by atoms with Gasteiger partial charge in [0.1, 0.15) is 0 Å². The Morgan fingerprint density at radius 2 is 1.65 bits per heavy atom. The van der Waals surface area contributed by atoms with Crippen LogP contribution in [0.5, 0.6) is 0 Å². The van der Waals surface area contributed by atoms with Crippen LogP contribution >= 0.6 is 11.6 Å². The number of Topliss-reactive ketones (excluding diaryl/α,β-unsaturated/α-hetero) is 1. The molecule has 3 nitrogen and oxygen atoms in total. The lowest BCUT2D eigenvalue weighted by molar-refractivity contribution is -0.172. The van der Waals surface area contributed by atoms with Crippen LogP contribution in [0.3, 0.4) is 0 Å². The first kappa shape index (κ1) is 17.2. The third kappa shape index (κ3) is 3.62. The molecule has 0 aromatic rings. The van der Waals surface area contributed by atoms with Crippen molar-refractivity contribution in [1.29, 1.82) is 0 Å². The number of halogens is 5. The van der Waals surface area contributed by atoms with Gasteiger partial charge in [-0.2, -0.15) is 8.78 Å². The van der Waals surface area contributed by atoms with Crippen LogP contribution in [0.1, 0.15) is 38.5 Å². The number of hydrogen-bond acceptors (Lipinski definition) is 2. The van der Waals surface area contributed by atoms with Crippen molar-refractivity contribution >= 4 is 23.3 Å². The van der Waals surface area contributed by atoms with E-state index < -0.39 is 35.5 Å². The molecule has 1 N–H and O–H groups in total. The molecule has 0 aromatic heterocycles. The zero-order valence-corrected chi connectivity index (χ0v) is 11.5. The smallest absolute Gasteiger partial charge is 0.338 e. The molecule has 1 aliphatic rings. The summed E-state index contributed by atoms with van der Waals surface area (Å²) >= 11 is 5.45. The molecule has 0 spiro atoms. The highest BCUT2D eigenvalue weighted by Crippen LogP contribution is 2.31. The van der Waals surface area contributed by atoms with E-state index in [9.17, 15) is 27.2 Å². The van der Waals surface area contributed by atoms with E-state index in [4.69, 9.17) is 11.6 Å². The third-order valence-electron chi connectivity index (χ3n) is 3.54. The van der Waals surface area contributed by atoms with E-state index in [1.807, 2.05) is 5.32 Å². The second-order valence-corrected chi connectivity index (χ2v) is 5.20. The van der Waals surface area contributed by atoms with E-state index in [0.717, 1.165) is 12.8 Å². The summed E-state index contributed by atoms with van der Waals surface area (Å²) in [7, 11) is 0. The number of amides is 1. The lowest BCUT2D eigenvalue weighted by Crippen LogP contribution is -2.60. The summed E-state index contributed by atoms with van der Waals surface area (Å²) in [5.74, 6) is -8.00. The summed E-state index contributed by atoms with van der Waals surface area (Å²) in [6.45, 7) is 0. The molecule has 116 valence electrons. The van der Waals surface area contributed by atoms with Crippen LogP contribution in [0, 0.1) is 0 Å². The molecule has 1 amide bonds. The van der Waals surface area contributed by atoms with Crippen molar-refractivity contribution in [3.05, 3.63) is 0 Å². The molecule has 0 saturated heterocycles. The van der Waals surface area contributed by atoms with Gasteiger partial charge in [0.2, 0.25) is 0 Å².